The number of nitrogens with one attached hydrogen (secondary N) is 1. The topological polar surface area (TPSA) is 158 Å². The van der Waals surface area contributed by atoms with Crippen molar-refractivity contribution in [3.05, 3.63) is 87.5 Å². The fraction of sp³-hybridized carbons (Fsp3) is 0.120. The minimum atomic E-state index is -4.14. The van der Waals surface area contributed by atoms with Gasteiger partial charge in [0, 0.05) is 0 Å². The number of hydrogen-bond donors (Lipinski definition) is 1. The Morgan fingerprint density at radius 2 is 1.73 bits per heavy atom. The van der Waals surface area contributed by atoms with Crippen molar-refractivity contribution in [1.29, 1.82) is 5.26 Å². The molecule has 3 rings (SSSR count). The van der Waals surface area contributed by atoms with Crippen molar-refractivity contribution in [2.45, 2.75) is 11.8 Å². The van der Waals surface area contributed by atoms with E-state index in [0.717, 1.165) is 11.6 Å². The van der Waals surface area contributed by atoms with Gasteiger partial charge in [-0.05, 0) is 55.0 Å². The minimum Gasteiger partial charge on any atom is -0.496 e. The smallest absolute Gasteiger partial charge is 0.339 e. The second kappa shape index (κ2) is 11.2. The van der Waals surface area contributed by atoms with Gasteiger partial charge in [-0.15, -0.1) is 0 Å². The Hall–Kier alpha value is -4.89. The summed E-state index contributed by atoms with van der Waals surface area (Å²) in [6, 6.07) is 15.8. The maximum atomic E-state index is 12.7. The summed E-state index contributed by atoms with van der Waals surface area (Å²) in [7, 11) is -1.50. The van der Waals surface area contributed by atoms with Crippen LogP contribution < -0.4 is 19.0 Å². The fourth-order valence-electron chi connectivity index (χ4n) is 3.11. The number of carbonyl (C=O) groups is 1. The van der Waals surface area contributed by atoms with Crippen LogP contribution in [0, 0.1) is 28.4 Å². The van der Waals surface area contributed by atoms with Gasteiger partial charge in [0.15, 0.2) is 11.5 Å². The third-order valence-corrected chi connectivity index (χ3v) is 6.27. The molecule has 1 amide bonds. The van der Waals surface area contributed by atoms with Crippen LogP contribution in [-0.4, -0.2) is 33.5 Å². The summed E-state index contributed by atoms with van der Waals surface area (Å²) in [5.41, 5.74) is 0.287. The average Bonchev–Trinajstić information content (AvgIpc) is 2.88. The van der Waals surface area contributed by atoms with Gasteiger partial charge in [0.25, 0.3) is 11.6 Å². The number of amides is 1. The standard InChI is InChI=1S/C25H21N3O8S/c1-16-4-8-20(9-5-16)37(32,33)36-23-11-6-17(13-24(23)35-3)12-18(15-26)25(29)27-21-10-7-19(34-2)14-22(21)28(30)31/h4-14H,1-3H3,(H,27,29)/b18-12+. The largest absolute Gasteiger partial charge is 0.496 e. The Labute approximate surface area is 212 Å². The lowest BCUT2D eigenvalue weighted by Gasteiger charge is -2.12. The van der Waals surface area contributed by atoms with Gasteiger partial charge >= 0.3 is 10.1 Å². The quantitative estimate of drug-likeness (QED) is 0.142. The number of benzene rings is 3. The maximum Gasteiger partial charge on any atom is 0.339 e. The third-order valence-electron chi connectivity index (χ3n) is 5.02. The molecule has 0 fully saturated rings. The molecule has 0 bridgehead atoms. The highest BCUT2D eigenvalue weighted by Crippen LogP contribution is 2.32. The Bertz CT molecular complexity index is 1520. The molecule has 12 heteroatoms. The first kappa shape index (κ1) is 26.7. The second-order valence-electron chi connectivity index (χ2n) is 7.52. The van der Waals surface area contributed by atoms with Crippen molar-refractivity contribution < 1.29 is 31.8 Å². The van der Waals surface area contributed by atoms with Crippen molar-refractivity contribution >= 4 is 33.5 Å². The first-order valence-corrected chi connectivity index (χ1v) is 11.9. The van der Waals surface area contributed by atoms with Gasteiger partial charge in [0.05, 0.1) is 25.2 Å². The zero-order valence-electron chi connectivity index (χ0n) is 19.9. The number of aryl methyl sites for hydroxylation is 1. The summed E-state index contributed by atoms with van der Waals surface area (Å²) < 4.78 is 40.7. The molecule has 1 N–H and O–H groups in total. The molecule has 0 aromatic heterocycles. The van der Waals surface area contributed by atoms with Gasteiger partial charge in [0.1, 0.15) is 28.0 Å². The Morgan fingerprint density at radius 1 is 1.03 bits per heavy atom. The van der Waals surface area contributed by atoms with E-state index in [1.54, 1.807) is 18.2 Å². The normalized spacial score (nSPS) is 11.2. The molecule has 190 valence electrons. The highest BCUT2D eigenvalue weighted by molar-refractivity contribution is 7.87. The van der Waals surface area contributed by atoms with Crippen molar-refractivity contribution in [2.24, 2.45) is 0 Å². The second-order valence-corrected chi connectivity index (χ2v) is 9.07. The summed E-state index contributed by atoms with van der Waals surface area (Å²) in [5.74, 6) is -0.735. The fourth-order valence-corrected chi connectivity index (χ4v) is 4.05. The van der Waals surface area contributed by atoms with E-state index in [2.05, 4.69) is 5.32 Å². The van der Waals surface area contributed by atoms with E-state index >= 15 is 0 Å². The Morgan fingerprint density at radius 3 is 2.32 bits per heavy atom. The number of nitriles is 1. The van der Waals surface area contributed by atoms with Crippen molar-refractivity contribution in [3.8, 4) is 23.3 Å². The highest BCUT2D eigenvalue weighted by Gasteiger charge is 2.21. The third kappa shape index (κ3) is 6.41. The molecule has 3 aromatic rings. The zero-order chi connectivity index (χ0) is 27.2. The molecule has 0 spiro atoms. The Balaban J connectivity index is 1.87. The van der Waals surface area contributed by atoms with Crippen LogP contribution in [0.25, 0.3) is 6.08 Å². The van der Waals surface area contributed by atoms with E-state index in [4.69, 9.17) is 13.7 Å². The molecule has 0 aliphatic rings. The number of ether oxygens (including phenoxy) is 2. The van der Waals surface area contributed by atoms with Gasteiger partial charge in [0.2, 0.25) is 0 Å². The zero-order valence-corrected chi connectivity index (χ0v) is 20.7. The molecule has 0 aliphatic heterocycles. The molecule has 0 radical (unpaired) electrons. The molecule has 37 heavy (non-hydrogen) atoms. The highest BCUT2D eigenvalue weighted by atomic mass is 32.2. The lowest BCUT2D eigenvalue weighted by Crippen LogP contribution is -2.14. The number of nitro groups is 1. The monoisotopic (exact) mass is 523 g/mol. The van der Waals surface area contributed by atoms with E-state index < -0.39 is 26.6 Å². The van der Waals surface area contributed by atoms with Gasteiger partial charge in [-0.25, -0.2) is 0 Å². The number of methoxy groups -OCH3 is 2. The Kier molecular flexibility index (Phi) is 8.11. The molecular formula is C25H21N3O8S. The van der Waals surface area contributed by atoms with Gasteiger partial charge in [-0.1, -0.05) is 23.8 Å². The first-order chi connectivity index (χ1) is 17.6. The van der Waals surface area contributed by atoms with Crippen LogP contribution in [0.15, 0.2) is 71.1 Å². The number of rotatable bonds is 9. The molecule has 0 unspecified atom stereocenters. The number of carbonyl (C=O) groups excluding carboxylic acids is 1. The van der Waals surface area contributed by atoms with Crippen LogP contribution >= 0.6 is 0 Å². The van der Waals surface area contributed by atoms with Crippen molar-refractivity contribution in [3.63, 3.8) is 0 Å². The molecule has 0 aliphatic carbocycles. The van der Waals surface area contributed by atoms with E-state index in [9.17, 15) is 28.6 Å². The maximum absolute atomic E-state index is 12.7. The number of anilines is 1. The molecule has 0 saturated carbocycles. The van der Waals surface area contributed by atoms with Gasteiger partial charge in [-0.2, -0.15) is 13.7 Å². The number of nitro benzene ring substituents is 1. The van der Waals surface area contributed by atoms with Crippen LogP contribution in [0.5, 0.6) is 17.2 Å². The van der Waals surface area contributed by atoms with E-state index in [1.165, 1.54) is 62.8 Å². The van der Waals surface area contributed by atoms with Gasteiger partial charge in [-0.3, -0.25) is 14.9 Å². The summed E-state index contributed by atoms with van der Waals surface area (Å²) >= 11 is 0. The SMILES string of the molecule is COc1ccc(NC(=O)/C(C#N)=C/c2ccc(OS(=O)(=O)c3ccc(C)cc3)c(OC)c2)c([N+](=O)[O-])c1. The predicted octanol–water partition coefficient (Wildman–Crippen LogP) is 4.23. The lowest BCUT2D eigenvalue weighted by molar-refractivity contribution is -0.384. The van der Waals surface area contributed by atoms with E-state index in [-0.39, 0.29) is 33.4 Å². The van der Waals surface area contributed by atoms with Crippen LogP contribution in [0.3, 0.4) is 0 Å². The summed E-state index contributed by atoms with van der Waals surface area (Å²) in [6.07, 6.45) is 1.21. The predicted molar refractivity (Wildman–Crippen MR) is 134 cm³/mol. The van der Waals surface area contributed by atoms with Crippen molar-refractivity contribution in [2.75, 3.05) is 19.5 Å². The lowest BCUT2D eigenvalue weighted by atomic mass is 10.1. The molecule has 0 heterocycles. The molecular weight excluding hydrogens is 502 g/mol. The molecule has 3 aromatic carbocycles. The van der Waals surface area contributed by atoms with Crippen LogP contribution in [0.2, 0.25) is 0 Å². The molecule has 0 saturated heterocycles. The van der Waals surface area contributed by atoms with Gasteiger partial charge < -0.3 is 19.0 Å². The summed E-state index contributed by atoms with van der Waals surface area (Å²) in [5, 5.41) is 23.2. The molecule has 0 atom stereocenters. The van der Waals surface area contributed by atoms with Crippen LogP contribution in [-0.2, 0) is 14.9 Å². The number of nitrogens with zero attached hydrogens (tertiary/aromatic N) is 2. The molecule has 11 nitrogen and oxygen atoms in total. The summed E-state index contributed by atoms with van der Waals surface area (Å²) in [6.45, 7) is 1.82. The van der Waals surface area contributed by atoms with E-state index in [1.807, 2.05) is 6.92 Å². The minimum absolute atomic E-state index is 0.0351. The van der Waals surface area contributed by atoms with Crippen LogP contribution in [0.4, 0.5) is 11.4 Å². The summed E-state index contributed by atoms with van der Waals surface area (Å²) in [4.78, 5) is 23.3. The van der Waals surface area contributed by atoms with E-state index in [0.29, 0.717) is 5.56 Å². The first-order valence-electron chi connectivity index (χ1n) is 10.5. The number of hydrogen-bond acceptors (Lipinski definition) is 9. The average molecular weight is 524 g/mol. The van der Waals surface area contributed by atoms with Crippen molar-refractivity contribution in [1.82, 2.24) is 0 Å². The van der Waals surface area contributed by atoms with Crippen LogP contribution in [0.1, 0.15) is 11.1 Å².